The van der Waals surface area contributed by atoms with Crippen LogP contribution < -0.4 is 10.6 Å². The average molecular weight is 351 g/mol. The zero-order valence-electron chi connectivity index (χ0n) is 12.9. The second-order valence-corrected chi connectivity index (χ2v) is 7.61. The fourth-order valence-corrected chi connectivity index (χ4v) is 4.35. The average Bonchev–Trinajstić information content (AvgIpc) is 2.97. The van der Waals surface area contributed by atoms with Crippen molar-refractivity contribution in [2.24, 2.45) is 5.92 Å². The molecule has 1 aromatic carbocycles. The van der Waals surface area contributed by atoms with Crippen LogP contribution in [0.25, 0.3) is 0 Å². The normalized spacial score (nSPS) is 31.2. The summed E-state index contributed by atoms with van der Waals surface area (Å²) < 4.78 is 1.16. The van der Waals surface area contributed by atoms with Crippen LogP contribution in [0.15, 0.2) is 28.7 Å². The Kier molecular flexibility index (Phi) is 5.36. The molecule has 2 fully saturated rings. The molecule has 2 N–H and O–H groups in total. The molecule has 1 aliphatic carbocycles. The Labute approximate surface area is 137 Å². The van der Waals surface area contributed by atoms with E-state index >= 15 is 0 Å². The fraction of sp³-hybridized carbons (Fsp3) is 0.667. The third-order valence-corrected chi connectivity index (χ3v) is 5.80. The van der Waals surface area contributed by atoms with Crippen LogP contribution >= 0.6 is 15.9 Å². The lowest BCUT2D eigenvalue weighted by Gasteiger charge is -2.34. The topological polar surface area (TPSA) is 24.1 Å². The molecule has 2 nitrogen and oxygen atoms in total. The Morgan fingerprint density at radius 1 is 1.10 bits per heavy atom. The van der Waals surface area contributed by atoms with Crippen molar-refractivity contribution >= 4 is 15.9 Å². The predicted octanol–water partition coefficient (Wildman–Crippen LogP) is 4.41. The molecule has 0 spiro atoms. The number of hydrogen-bond acceptors (Lipinski definition) is 2. The van der Waals surface area contributed by atoms with Crippen LogP contribution in [0.2, 0.25) is 0 Å². The van der Waals surface area contributed by atoms with Crippen LogP contribution in [0.5, 0.6) is 0 Å². The first-order chi connectivity index (χ1) is 10.2. The van der Waals surface area contributed by atoms with Crippen molar-refractivity contribution in [2.75, 3.05) is 6.54 Å². The first kappa shape index (κ1) is 15.5. The number of benzene rings is 1. The van der Waals surface area contributed by atoms with Gasteiger partial charge in [-0.15, -0.1) is 0 Å². The second-order valence-electron chi connectivity index (χ2n) is 6.70. The Balaban J connectivity index is 1.61. The fourth-order valence-electron chi connectivity index (χ4n) is 4.09. The quantitative estimate of drug-likeness (QED) is 0.840. The molecule has 0 amide bonds. The lowest BCUT2D eigenvalue weighted by Crippen LogP contribution is -2.47. The summed E-state index contributed by atoms with van der Waals surface area (Å²) in [6.07, 6.45) is 8.24. The van der Waals surface area contributed by atoms with E-state index in [1.54, 1.807) is 0 Å². The first-order valence-corrected chi connectivity index (χ1v) is 9.28. The highest BCUT2D eigenvalue weighted by molar-refractivity contribution is 9.10. The van der Waals surface area contributed by atoms with Crippen molar-refractivity contribution in [1.29, 1.82) is 0 Å². The molecule has 1 saturated heterocycles. The minimum absolute atomic E-state index is 0.437. The van der Waals surface area contributed by atoms with Crippen molar-refractivity contribution < 1.29 is 0 Å². The monoisotopic (exact) mass is 350 g/mol. The van der Waals surface area contributed by atoms with Crippen molar-refractivity contribution in [3.8, 4) is 0 Å². The molecule has 1 aliphatic heterocycles. The van der Waals surface area contributed by atoms with Crippen LogP contribution in [-0.4, -0.2) is 18.6 Å². The van der Waals surface area contributed by atoms with Crippen LogP contribution in [0.4, 0.5) is 0 Å². The van der Waals surface area contributed by atoms with Gasteiger partial charge in [0.1, 0.15) is 0 Å². The van der Waals surface area contributed by atoms with E-state index in [0.29, 0.717) is 12.1 Å². The summed E-state index contributed by atoms with van der Waals surface area (Å²) in [5.41, 5.74) is 1.39. The highest BCUT2D eigenvalue weighted by Crippen LogP contribution is 2.33. The molecule has 3 rings (SSSR count). The molecular formula is C18H27BrN2. The first-order valence-electron chi connectivity index (χ1n) is 8.49. The predicted molar refractivity (Wildman–Crippen MR) is 92.5 cm³/mol. The maximum Gasteiger partial charge on any atom is 0.0294 e. The van der Waals surface area contributed by atoms with Gasteiger partial charge in [-0.25, -0.2) is 0 Å². The van der Waals surface area contributed by atoms with Gasteiger partial charge in [0.05, 0.1) is 0 Å². The molecule has 0 aromatic heterocycles. The van der Waals surface area contributed by atoms with Crippen LogP contribution in [0.1, 0.15) is 57.1 Å². The molecule has 3 unspecified atom stereocenters. The van der Waals surface area contributed by atoms with E-state index in [9.17, 15) is 0 Å². The molecule has 21 heavy (non-hydrogen) atoms. The van der Waals surface area contributed by atoms with E-state index in [2.05, 4.69) is 57.8 Å². The van der Waals surface area contributed by atoms with Crippen LogP contribution in [0.3, 0.4) is 0 Å². The van der Waals surface area contributed by atoms with Gasteiger partial charge in [-0.05, 0) is 62.8 Å². The third-order valence-electron chi connectivity index (χ3n) is 5.27. The molecular weight excluding hydrogens is 324 g/mol. The van der Waals surface area contributed by atoms with E-state index in [-0.39, 0.29) is 0 Å². The Morgan fingerprint density at radius 3 is 2.62 bits per heavy atom. The molecule has 1 saturated carbocycles. The summed E-state index contributed by atoms with van der Waals surface area (Å²) in [6.45, 7) is 3.52. The second kappa shape index (κ2) is 7.26. The van der Waals surface area contributed by atoms with Gasteiger partial charge in [0.2, 0.25) is 0 Å². The Hall–Kier alpha value is -0.380. The van der Waals surface area contributed by atoms with Gasteiger partial charge in [0, 0.05) is 22.6 Å². The highest BCUT2D eigenvalue weighted by atomic mass is 79.9. The van der Waals surface area contributed by atoms with Crippen molar-refractivity contribution in [3.05, 3.63) is 34.3 Å². The Morgan fingerprint density at radius 2 is 1.90 bits per heavy atom. The van der Waals surface area contributed by atoms with Crippen LogP contribution in [-0.2, 0) is 0 Å². The standard InChI is InChI=1S/C18H27BrN2/c1-13(14-8-10-15(19)11-9-14)21-18-7-4-5-16(18)17-6-2-3-12-20-17/h8-11,13,16-18,20-21H,2-7,12H2,1H3/t13-,16?,17?,18?/m0/s1. The lowest BCUT2D eigenvalue weighted by atomic mass is 9.88. The molecule has 116 valence electrons. The van der Waals surface area contributed by atoms with E-state index in [0.717, 1.165) is 16.4 Å². The van der Waals surface area contributed by atoms with Gasteiger partial charge in [0.25, 0.3) is 0 Å². The molecule has 0 radical (unpaired) electrons. The minimum Gasteiger partial charge on any atom is -0.314 e. The SMILES string of the molecule is C[C@H](NC1CCCC1C1CCCCN1)c1ccc(Br)cc1. The zero-order valence-corrected chi connectivity index (χ0v) is 14.5. The minimum atomic E-state index is 0.437. The van der Waals surface area contributed by atoms with Crippen molar-refractivity contribution in [1.82, 2.24) is 10.6 Å². The highest BCUT2D eigenvalue weighted by Gasteiger charge is 2.34. The van der Waals surface area contributed by atoms with Gasteiger partial charge in [-0.2, -0.15) is 0 Å². The van der Waals surface area contributed by atoms with Gasteiger partial charge >= 0.3 is 0 Å². The summed E-state index contributed by atoms with van der Waals surface area (Å²) in [7, 11) is 0. The number of hydrogen-bond donors (Lipinski definition) is 2. The third kappa shape index (κ3) is 3.88. The molecule has 2 aliphatic rings. The zero-order chi connectivity index (χ0) is 14.7. The maximum absolute atomic E-state index is 3.91. The summed E-state index contributed by atoms with van der Waals surface area (Å²) in [5, 5.41) is 7.67. The van der Waals surface area contributed by atoms with Crippen LogP contribution in [0, 0.1) is 5.92 Å². The number of piperidine rings is 1. The number of halogens is 1. The van der Waals surface area contributed by atoms with Gasteiger partial charge in [-0.1, -0.05) is 40.9 Å². The van der Waals surface area contributed by atoms with Crippen molar-refractivity contribution in [3.63, 3.8) is 0 Å². The van der Waals surface area contributed by atoms with E-state index < -0.39 is 0 Å². The van der Waals surface area contributed by atoms with Crippen molar-refractivity contribution in [2.45, 2.75) is 63.6 Å². The van der Waals surface area contributed by atoms with Gasteiger partial charge < -0.3 is 10.6 Å². The van der Waals surface area contributed by atoms with E-state index in [1.165, 1.54) is 50.6 Å². The largest absolute Gasteiger partial charge is 0.314 e. The summed E-state index contributed by atoms with van der Waals surface area (Å²) in [6, 6.07) is 10.6. The smallest absolute Gasteiger partial charge is 0.0294 e. The summed E-state index contributed by atoms with van der Waals surface area (Å²) >= 11 is 3.52. The van der Waals surface area contributed by atoms with E-state index in [1.807, 2.05) is 0 Å². The maximum atomic E-state index is 3.91. The Bertz CT molecular complexity index is 439. The molecule has 1 heterocycles. The lowest BCUT2D eigenvalue weighted by molar-refractivity contribution is 0.248. The summed E-state index contributed by atoms with van der Waals surface area (Å²) in [5.74, 6) is 0.822. The molecule has 0 bridgehead atoms. The van der Waals surface area contributed by atoms with Gasteiger partial charge in [0.15, 0.2) is 0 Å². The molecule has 1 aromatic rings. The van der Waals surface area contributed by atoms with E-state index in [4.69, 9.17) is 0 Å². The molecule has 3 heteroatoms. The summed E-state index contributed by atoms with van der Waals surface area (Å²) in [4.78, 5) is 0. The van der Waals surface area contributed by atoms with Gasteiger partial charge in [-0.3, -0.25) is 0 Å². The molecule has 4 atom stereocenters. The number of nitrogens with one attached hydrogen (secondary N) is 2. The number of rotatable bonds is 4.